The number of aromatic nitrogens is 1. The Labute approximate surface area is 121 Å². The van der Waals surface area contributed by atoms with Crippen LogP contribution in [0.4, 0.5) is 5.82 Å². The van der Waals surface area contributed by atoms with Crippen LogP contribution in [-0.2, 0) is 14.8 Å². The molecule has 0 fully saturated rings. The quantitative estimate of drug-likeness (QED) is 0.724. The predicted octanol–water partition coefficient (Wildman–Crippen LogP) is 1.61. The van der Waals surface area contributed by atoms with Gasteiger partial charge in [-0.1, -0.05) is 6.92 Å². The van der Waals surface area contributed by atoms with Crippen LogP contribution >= 0.6 is 0 Å². The molecular weight excluding hydrogens is 278 g/mol. The first-order valence-corrected chi connectivity index (χ1v) is 8.28. The fourth-order valence-electron chi connectivity index (χ4n) is 1.56. The maximum absolute atomic E-state index is 12.1. The second-order valence-electron chi connectivity index (χ2n) is 4.49. The van der Waals surface area contributed by atoms with Gasteiger partial charge >= 0.3 is 0 Å². The van der Waals surface area contributed by atoms with Crippen molar-refractivity contribution in [2.75, 3.05) is 25.1 Å². The van der Waals surface area contributed by atoms with E-state index in [0.717, 1.165) is 13.0 Å². The zero-order valence-electron chi connectivity index (χ0n) is 12.2. The molecule has 0 aliphatic heterocycles. The standard InChI is InChI=1S/C13H23N3O3S/c1-4-8-14-13-7-6-12(9-15-13)20(17,18)16-11(3)10-19-5-2/h6-7,9,11,16H,4-5,8,10H2,1-3H3,(H,14,15). The summed E-state index contributed by atoms with van der Waals surface area (Å²) in [5.41, 5.74) is 0. The van der Waals surface area contributed by atoms with Crippen molar-refractivity contribution in [1.29, 1.82) is 0 Å². The van der Waals surface area contributed by atoms with E-state index >= 15 is 0 Å². The van der Waals surface area contributed by atoms with Gasteiger partial charge in [0.2, 0.25) is 10.0 Å². The number of sulfonamides is 1. The van der Waals surface area contributed by atoms with Gasteiger partial charge in [0, 0.05) is 25.4 Å². The molecule has 0 saturated carbocycles. The lowest BCUT2D eigenvalue weighted by atomic mass is 10.4. The summed E-state index contributed by atoms with van der Waals surface area (Å²) in [5, 5.41) is 3.10. The molecule has 0 bridgehead atoms. The minimum atomic E-state index is -3.55. The average Bonchev–Trinajstić information content (AvgIpc) is 2.43. The van der Waals surface area contributed by atoms with E-state index in [1.54, 1.807) is 19.1 Å². The van der Waals surface area contributed by atoms with Crippen LogP contribution in [0.1, 0.15) is 27.2 Å². The zero-order chi connectivity index (χ0) is 15.0. The highest BCUT2D eigenvalue weighted by atomic mass is 32.2. The van der Waals surface area contributed by atoms with Crippen molar-refractivity contribution in [3.05, 3.63) is 18.3 Å². The first-order chi connectivity index (χ1) is 9.49. The number of rotatable bonds is 9. The third kappa shape index (κ3) is 5.44. The Bertz CT molecular complexity index is 488. The Morgan fingerprint density at radius 1 is 1.35 bits per heavy atom. The van der Waals surface area contributed by atoms with Crippen LogP contribution in [0, 0.1) is 0 Å². The van der Waals surface area contributed by atoms with Crippen molar-refractivity contribution in [3.63, 3.8) is 0 Å². The minimum Gasteiger partial charge on any atom is -0.380 e. The van der Waals surface area contributed by atoms with Crippen molar-refractivity contribution in [2.24, 2.45) is 0 Å². The summed E-state index contributed by atoms with van der Waals surface area (Å²) in [5.74, 6) is 0.674. The molecule has 1 aromatic heterocycles. The Kier molecular flexibility index (Phi) is 6.90. The molecule has 1 unspecified atom stereocenters. The molecule has 1 rings (SSSR count). The van der Waals surface area contributed by atoms with Crippen LogP contribution in [0.3, 0.4) is 0 Å². The number of nitrogens with zero attached hydrogens (tertiary/aromatic N) is 1. The fraction of sp³-hybridized carbons (Fsp3) is 0.615. The van der Waals surface area contributed by atoms with Crippen molar-refractivity contribution in [3.8, 4) is 0 Å². The first-order valence-electron chi connectivity index (χ1n) is 6.79. The normalized spacial score (nSPS) is 13.2. The lowest BCUT2D eigenvalue weighted by Gasteiger charge is -2.14. The summed E-state index contributed by atoms with van der Waals surface area (Å²) in [6, 6.07) is 2.93. The molecule has 0 aromatic carbocycles. The van der Waals surface area contributed by atoms with Crippen molar-refractivity contribution in [1.82, 2.24) is 9.71 Å². The van der Waals surface area contributed by atoms with Crippen molar-refractivity contribution < 1.29 is 13.2 Å². The maximum atomic E-state index is 12.1. The summed E-state index contributed by atoms with van der Waals surface area (Å²) in [6.45, 7) is 7.40. The van der Waals surface area contributed by atoms with Crippen LogP contribution in [0.5, 0.6) is 0 Å². The highest BCUT2D eigenvalue weighted by molar-refractivity contribution is 7.89. The van der Waals surface area contributed by atoms with Gasteiger partial charge in [0.05, 0.1) is 6.61 Å². The molecule has 0 radical (unpaired) electrons. The number of ether oxygens (including phenoxy) is 1. The summed E-state index contributed by atoms with van der Waals surface area (Å²) in [7, 11) is -3.55. The lowest BCUT2D eigenvalue weighted by Crippen LogP contribution is -2.35. The highest BCUT2D eigenvalue weighted by Gasteiger charge is 2.17. The molecular formula is C13H23N3O3S. The molecule has 0 saturated heterocycles. The van der Waals surface area contributed by atoms with Crippen LogP contribution in [-0.4, -0.2) is 39.2 Å². The number of pyridine rings is 1. The van der Waals surface area contributed by atoms with Crippen LogP contribution < -0.4 is 10.0 Å². The Morgan fingerprint density at radius 3 is 2.65 bits per heavy atom. The smallest absolute Gasteiger partial charge is 0.242 e. The molecule has 6 nitrogen and oxygen atoms in total. The second-order valence-corrected chi connectivity index (χ2v) is 6.20. The topological polar surface area (TPSA) is 80.3 Å². The molecule has 2 N–H and O–H groups in total. The molecule has 7 heteroatoms. The van der Waals surface area contributed by atoms with E-state index in [1.807, 2.05) is 6.92 Å². The van der Waals surface area contributed by atoms with E-state index in [4.69, 9.17) is 4.74 Å². The summed E-state index contributed by atoms with van der Waals surface area (Å²) in [4.78, 5) is 4.25. The number of hydrogen-bond donors (Lipinski definition) is 2. The van der Waals surface area contributed by atoms with Gasteiger partial charge in [0.1, 0.15) is 10.7 Å². The minimum absolute atomic E-state index is 0.155. The molecule has 0 spiro atoms. The van der Waals surface area contributed by atoms with Gasteiger partial charge in [-0.15, -0.1) is 0 Å². The van der Waals surface area contributed by atoms with Gasteiger partial charge in [-0.25, -0.2) is 18.1 Å². The van der Waals surface area contributed by atoms with E-state index < -0.39 is 10.0 Å². The molecule has 0 aliphatic carbocycles. The predicted molar refractivity (Wildman–Crippen MR) is 79.3 cm³/mol. The van der Waals surface area contributed by atoms with Crippen molar-refractivity contribution >= 4 is 15.8 Å². The Hall–Kier alpha value is -1.18. The largest absolute Gasteiger partial charge is 0.380 e. The summed E-state index contributed by atoms with van der Waals surface area (Å²) in [6.07, 6.45) is 2.34. The third-order valence-electron chi connectivity index (χ3n) is 2.53. The van der Waals surface area contributed by atoms with Gasteiger partial charge in [-0.2, -0.15) is 0 Å². The molecule has 114 valence electrons. The fourth-order valence-corrected chi connectivity index (χ4v) is 2.73. The van der Waals surface area contributed by atoms with Crippen LogP contribution in [0.2, 0.25) is 0 Å². The average molecular weight is 301 g/mol. The van der Waals surface area contributed by atoms with Crippen LogP contribution in [0.25, 0.3) is 0 Å². The van der Waals surface area contributed by atoms with Gasteiger partial charge in [0.15, 0.2) is 0 Å². The molecule has 1 atom stereocenters. The first kappa shape index (κ1) is 16.9. The monoisotopic (exact) mass is 301 g/mol. The molecule has 0 amide bonds. The van der Waals surface area contributed by atoms with E-state index in [9.17, 15) is 8.42 Å². The molecule has 0 aliphatic rings. The lowest BCUT2D eigenvalue weighted by molar-refractivity contribution is 0.133. The molecule has 1 heterocycles. The SMILES string of the molecule is CCCNc1ccc(S(=O)(=O)NC(C)COCC)cn1. The van der Waals surface area contributed by atoms with Gasteiger partial charge in [-0.3, -0.25) is 0 Å². The summed E-state index contributed by atoms with van der Waals surface area (Å²) >= 11 is 0. The van der Waals surface area contributed by atoms with Crippen LogP contribution in [0.15, 0.2) is 23.2 Å². The van der Waals surface area contributed by atoms with E-state index in [0.29, 0.717) is 19.0 Å². The van der Waals surface area contributed by atoms with E-state index in [1.165, 1.54) is 6.20 Å². The molecule has 20 heavy (non-hydrogen) atoms. The summed E-state index contributed by atoms with van der Waals surface area (Å²) < 4.78 is 32.0. The Morgan fingerprint density at radius 2 is 2.10 bits per heavy atom. The van der Waals surface area contributed by atoms with E-state index in [-0.39, 0.29) is 10.9 Å². The third-order valence-corrected chi connectivity index (χ3v) is 4.11. The molecule has 1 aromatic rings. The maximum Gasteiger partial charge on any atom is 0.242 e. The van der Waals surface area contributed by atoms with Crippen molar-refractivity contribution in [2.45, 2.75) is 38.1 Å². The van der Waals surface area contributed by atoms with Gasteiger partial charge < -0.3 is 10.1 Å². The highest BCUT2D eigenvalue weighted by Crippen LogP contribution is 2.11. The van der Waals surface area contributed by atoms with Gasteiger partial charge in [-0.05, 0) is 32.4 Å². The Balaban J connectivity index is 2.67. The van der Waals surface area contributed by atoms with Gasteiger partial charge in [0.25, 0.3) is 0 Å². The number of nitrogens with one attached hydrogen (secondary N) is 2. The zero-order valence-corrected chi connectivity index (χ0v) is 13.0. The number of hydrogen-bond acceptors (Lipinski definition) is 5. The number of anilines is 1. The van der Waals surface area contributed by atoms with E-state index in [2.05, 4.69) is 21.9 Å². The second kappa shape index (κ2) is 8.18.